The van der Waals surface area contributed by atoms with Crippen molar-refractivity contribution in [2.24, 2.45) is 11.8 Å². The molecule has 1 aliphatic carbocycles. The Morgan fingerprint density at radius 1 is 1.53 bits per heavy atom. The first-order valence-electron chi connectivity index (χ1n) is 5.90. The van der Waals surface area contributed by atoms with Crippen molar-refractivity contribution in [1.29, 1.82) is 0 Å². The molecule has 1 atom stereocenters. The first kappa shape index (κ1) is 12.5. The molecule has 4 heteroatoms. The molecule has 1 aliphatic rings. The van der Waals surface area contributed by atoms with Crippen molar-refractivity contribution in [3.05, 3.63) is 0 Å². The molecular weight excluding hydrogens is 192 g/mol. The third kappa shape index (κ3) is 4.18. The molecule has 15 heavy (non-hydrogen) atoms. The second-order valence-electron chi connectivity index (χ2n) is 4.27. The van der Waals surface area contributed by atoms with Crippen molar-refractivity contribution < 1.29 is 9.53 Å². The standard InChI is InChI=1S/C11H22N2O2/c1-2-5-10(11(14)13-12)15-8-9-6-3-4-7-9/h9-10H,2-8,12H2,1H3,(H,13,14). The molecule has 3 N–H and O–H groups in total. The van der Waals surface area contributed by atoms with E-state index < -0.39 is 0 Å². The van der Waals surface area contributed by atoms with E-state index in [0.717, 1.165) is 12.8 Å². The minimum Gasteiger partial charge on any atom is -0.368 e. The van der Waals surface area contributed by atoms with Crippen LogP contribution < -0.4 is 11.3 Å². The van der Waals surface area contributed by atoms with E-state index in [1.807, 2.05) is 6.92 Å². The van der Waals surface area contributed by atoms with Gasteiger partial charge in [0.05, 0.1) is 6.61 Å². The van der Waals surface area contributed by atoms with Crippen molar-refractivity contribution in [2.75, 3.05) is 6.61 Å². The van der Waals surface area contributed by atoms with Gasteiger partial charge in [-0.2, -0.15) is 0 Å². The van der Waals surface area contributed by atoms with Gasteiger partial charge in [-0.15, -0.1) is 0 Å². The Morgan fingerprint density at radius 3 is 2.73 bits per heavy atom. The third-order valence-electron chi connectivity index (χ3n) is 2.99. The fraction of sp³-hybridized carbons (Fsp3) is 0.909. The molecule has 1 saturated carbocycles. The highest BCUT2D eigenvalue weighted by Crippen LogP contribution is 2.25. The topological polar surface area (TPSA) is 64.3 Å². The fourth-order valence-corrected chi connectivity index (χ4v) is 2.07. The highest BCUT2D eigenvalue weighted by molar-refractivity contribution is 5.80. The summed E-state index contributed by atoms with van der Waals surface area (Å²) in [6.07, 6.45) is 6.40. The van der Waals surface area contributed by atoms with Crippen LogP contribution in [0.15, 0.2) is 0 Å². The summed E-state index contributed by atoms with van der Waals surface area (Å²) in [5.74, 6) is 5.56. The molecule has 0 heterocycles. The maximum Gasteiger partial charge on any atom is 0.262 e. The Hall–Kier alpha value is -0.610. The second-order valence-corrected chi connectivity index (χ2v) is 4.27. The highest BCUT2D eigenvalue weighted by Gasteiger charge is 2.21. The number of hydrogen-bond acceptors (Lipinski definition) is 3. The first-order chi connectivity index (χ1) is 7.27. The van der Waals surface area contributed by atoms with Gasteiger partial charge < -0.3 is 4.74 Å². The number of nitrogens with two attached hydrogens (primary N) is 1. The zero-order chi connectivity index (χ0) is 11.1. The fourth-order valence-electron chi connectivity index (χ4n) is 2.07. The molecule has 0 aromatic carbocycles. The summed E-state index contributed by atoms with van der Waals surface area (Å²) in [6.45, 7) is 2.74. The molecule has 4 nitrogen and oxygen atoms in total. The Kier molecular flexibility index (Phi) is 5.65. The minimum absolute atomic E-state index is 0.199. The van der Waals surface area contributed by atoms with E-state index in [9.17, 15) is 4.79 Å². The summed E-state index contributed by atoms with van der Waals surface area (Å²) < 4.78 is 5.63. The Balaban J connectivity index is 2.26. The number of hydrogen-bond donors (Lipinski definition) is 2. The number of nitrogens with one attached hydrogen (secondary N) is 1. The van der Waals surface area contributed by atoms with Crippen molar-refractivity contribution in [2.45, 2.75) is 51.6 Å². The number of carbonyl (C=O) groups excluding carboxylic acids is 1. The Labute approximate surface area is 91.5 Å². The van der Waals surface area contributed by atoms with Gasteiger partial charge in [-0.3, -0.25) is 10.2 Å². The van der Waals surface area contributed by atoms with Gasteiger partial charge in [0.1, 0.15) is 6.10 Å². The summed E-state index contributed by atoms with van der Waals surface area (Å²) in [7, 11) is 0. The average Bonchev–Trinajstić information content (AvgIpc) is 2.76. The lowest BCUT2D eigenvalue weighted by atomic mass is 10.1. The maximum atomic E-state index is 11.3. The maximum absolute atomic E-state index is 11.3. The van der Waals surface area contributed by atoms with Gasteiger partial charge in [-0.05, 0) is 25.2 Å². The van der Waals surface area contributed by atoms with Crippen LogP contribution >= 0.6 is 0 Å². The number of rotatable bonds is 6. The van der Waals surface area contributed by atoms with Gasteiger partial charge in [0.15, 0.2) is 0 Å². The van der Waals surface area contributed by atoms with Gasteiger partial charge in [0.2, 0.25) is 0 Å². The quantitative estimate of drug-likeness (QED) is 0.398. The smallest absolute Gasteiger partial charge is 0.262 e. The van der Waals surface area contributed by atoms with Crippen LogP contribution in [0.1, 0.15) is 45.4 Å². The van der Waals surface area contributed by atoms with Crippen molar-refractivity contribution >= 4 is 5.91 Å². The SMILES string of the molecule is CCCC(OCC1CCCC1)C(=O)NN. The molecule has 0 saturated heterocycles. The van der Waals surface area contributed by atoms with Crippen LogP contribution in [-0.4, -0.2) is 18.6 Å². The molecule has 1 unspecified atom stereocenters. The molecule has 0 aliphatic heterocycles. The molecule has 0 spiro atoms. The lowest BCUT2D eigenvalue weighted by Crippen LogP contribution is -2.41. The van der Waals surface area contributed by atoms with Gasteiger partial charge in [0, 0.05) is 0 Å². The zero-order valence-electron chi connectivity index (χ0n) is 9.50. The molecule has 0 aromatic heterocycles. The normalized spacial score (nSPS) is 19.1. The number of ether oxygens (including phenoxy) is 1. The van der Waals surface area contributed by atoms with E-state index in [4.69, 9.17) is 10.6 Å². The van der Waals surface area contributed by atoms with Crippen molar-refractivity contribution in [1.82, 2.24) is 5.43 Å². The summed E-state index contributed by atoms with van der Waals surface area (Å²) >= 11 is 0. The van der Waals surface area contributed by atoms with Crippen LogP contribution in [0.4, 0.5) is 0 Å². The Morgan fingerprint density at radius 2 is 2.20 bits per heavy atom. The van der Waals surface area contributed by atoms with Gasteiger partial charge in [-0.25, -0.2) is 5.84 Å². The number of amides is 1. The predicted octanol–water partition coefficient (Wildman–Crippen LogP) is 1.35. The average molecular weight is 214 g/mol. The highest BCUT2D eigenvalue weighted by atomic mass is 16.5. The minimum atomic E-state index is -0.361. The summed E-state index contributed by atoms with van der Waals surface area (Å²) in [4.78, 5) is 11.3. The summed E-state index contributed by atoms with van der Waals surface area (Å²) in [6, 6.07) is 0. The van der Waals surface area contributed by atoms with E-state index in [1.165, 1.54) is 25.7 Å². The lowest BCUT2D eigenvalue weighted by Gasteiger charge is -2.17. The summed E-state index contributed by atoms with van der Waals surface area (Å²) in [5.41, 5.74) is 2.16. The van der Waals surface area contributed by atoms with Crippen molar-refractivity contribution in [3.63, 3.8) is 0 Å². The third-order valence-corrected chi connectivity index (χ3v) is 2.99. The molecule has 88 valence electrons. The van der Waals surface area contributed by atoms with Crippen LogP contribution in [0, 0.1) is 5.92 Å². The molecule has 1 rings (SSSR count). The monoisotopic (exact) mass is 214 g/mol. The molecule has 0 aromatic rings. The van der Waals surface area contributed by atoms with E-state index >= 15 is 0 Å². The van der Waals surface area contributed by atoms with E-state index in [-0.39, 0.29) is 12.0 Å². The van der Waals surface area contributed by atoms with Gasteiger partial charge in [-0.1, -0.05) is 26.2 Å². The van der Waals surface area contributed by atoms with Gasteiger partial charge in [0.25, 0.3) is 5.91 Å². The number of carbonyl (C=O) groups is 1. The molecule has 1 fully saturated rings. The zero-order valence-corrected chi connectivity index (χ0v) is 9.50. The first-order valence-corrected chi connectivity index (χ1v) is 5.90. The lowest BCUT2D eigenvalue weighted by molar-refractivity contribution is -0.134. The molecule has 1 amide bonds. The van der Waals surface area contributed by atoms with Crippen LogP contribution in [0.5, 0.6) is 0 Å². The molecule has 0 radical (unpaired) electrons. The molecule has 0 bridgehead atoms. The van der Waals surface area contributed by atoms with Crippen LogP contribution in [0.25, 0.3) is 0 Å². The van der Waals surface area contributed by atoms with Crippen LogP contribution in [0.3, 0.4) is 0 Å². The van der Waals surface area contributed by atoms with Gasteiger partial charge >= 0.3 is 0 Å². The van der Waals surface area contributed by atoms with E-state index in [0.29, 0.717) is 12.5 Å². The molecular formula is C11H22N2O2. The van der Waals surface area contributed by atoms with E-state index in [1.54, 1.807) is 0 Å². The largest absolute Gasteiger partial charge is 0.368 e. The van der Waals surface area contributed by atoms with Crippen molar-refractivity contribution in [3.8, 4) is 0 Å². The van der Waals surface area contributed by atoms with Crippen LogP contribution in [-0.2, 0) is 9.53 Å². The predicted molar refractivity (Wildman–Crippen MR) is 58.9 cm³/mol. The second kappa shape index (κ2) is 6.80. The Bertz CT molecular complexity index is 191. The van der Waals surface area contributed by atoms with E-state index in [2.05, 4.69) is 5.43 Å². The van der Waals surface area contributed by atoms with Crippen LogP contribution in [0.2, 0.25) is 0 Å². The number of hydrazine groups is 1. The summed E-state index contributed by atoms with van der Waals surface area (Å²) in [5, 5.41) is 0.